The lowest BCUT2D eigenvalue weighted by molar-refractivity contribution is -0.142. The summed E-state index contributed by atoms with van der Waals surface area (Å²) in [6, 6.07) is 5.95. The molecule has 0 unspecified atom stereocenters. The number of hydrogen-bond donors (Lipinski definition) is 5. The molecule has 0 bridgehead atoms. The molecule has 1 atom stereocenters. The van der Waals surface area contributed by atoms with Crippen molar-refractivity contribution in [3.05, 3.63) is 53.9 Å². The lowest BCUT2D eigenvalue weighted by Gasteiger charge is -2.30. The maximum Gasteiger partial charge on any atom is 0.302 e. The highest BCUT2D eigenvalue weighted by atomic mass is 16.5. The molecule has 1 fully saturated rings. The van der Waals surface area contributed by atoms with Crippen molar-refractivity contribution in [1.82, 2.24) is 35.8 Å². The van der Waals surface area contributed by atoms with Crippen LogP contribution in [0.3, 0.4) is 0 Å². The Morgan fingerprint density at radius 3 is 2.25 bits per heavy atom. The third-order valence-electron chi connectivity index (χ3n) is 11.1. The van der Waals surface area contributed by atoms with E-state index in [0.29, 0.717) is 82.6 Å². The first-order valence-electron chi connectivity index (χ1n) is 21.7. The second kappa shape index (κ2) is 24.4. The van der Waals surface area contributed by atoms with Crippen LogP contribution in [0.5, 0.6) is 0 Å². The summed E-state index contributed by atoms with van der Waals surface area (Å²) in [7, 11) is 0. The number of benzene rings is 1. The number of hydrogen-bond acceptors (Lipinski definition) is 13. The first-order valence-corrected chi connectivity index (χ1v) is 21.7. The molecule has 2 aromatic rings. The van der Waals surface area contributed by atoms with Gasteiger partial charge in [0.25, 0.3) is 11.8 Å². The number of aromatic nitrogens is 3. The Bertz CT molecular complexity index is 1890. The van der Waals surface area contributed by atoms with Gasteiger partial charge < -0.3 is 41.2 Å². The fourth-order valence-electron chi connectivity index (χ4n) is 7.12. The molecular formula is C44H65N9O10. The number of unbranched alkanes of at least 4 members (excludes halogenated alkanes) is 1. The third-order valence-corrected chi connectivity index (χ3v) is 11.1. The molecule has 1 aromatic heterocycles. The van der Waals surface area contributed by atoms with Crippen LogP contribution in [0.2, 0.25) is 0 Å². The van der Waals surface area contributed by atoms with E-state index < -0.39 is 47.5 Å². The normalized spacial score (nSPS) is 17.0. The smallest absolute Gasteiger partial charge is 0.302 e. The number of nitrogens with one attached hydrogen (secondary N) is 4. The molecule has 0 radical (unpaired) electrons. The Kier molecular flexibility index (Phi) is 19.4. The second-order valence-electron chi connectivity index (χ2n) is 17.3. The number of rotatable bonds is 26. The Balaban J connectivity index is 1.09. The molecule has 19 nitrogen and oxygen atoms in total. The zero-order chi connectivity index (χ0) is 46.0. The molecule has 0 saturated heterocycles. The van der Waals surface area contributed by atoms with Crippen LogP contribution in [-0.4, -0.2) is 112 Å². The van der Waals surface area contributed by atoms with Crippen molar-refractivity contribution in [2.45, 2.75) is 123 Å². The van der Waals surface area contributed by atoms with Crippen molar-refractivity contribution in [3.8, 4) is 0 Å². The Morgan fingerprint density at radius 1 is 0.905 bits per heavy atom. The quantitative estimate of drug-likeness (QED) is 0.0518. The molecule has 0 spiro atoms. The highest BCUT2D eigenvalue weighted by Crippen LogP contribution is 2.30. The van der Waals surface area contributed by atoms with Crippen LogP contribution >= 0.6 is 0 Å². The Morgan fingerprint density at radius 2 is 1.59 bits per heavy atom. The van der Waals surface area contributed by atoms with E-state index in [9.17, 15) is 33.6 Å². The predicted molar refractivity (Wildman–Crippen MR) is 231 cm³/mol. The number of anilines is 1. The number of nitrogens with zero attached hydrogens (tertiary/aromatic N) is 4. The lowest BCUT2D eigenvalue weighted by atomic mass is 9.81. The minimum atomic E-state index is -0.847. The number of carbonyl (C=O) groups excluding carboxylic acids is 7. The van der Waals surface area contributed by atoms with Crippen LogP contribution in [0.1, 0.15) is 104 Å². The predicted octanol–water partition coefficient (Wildman–Crippen LogP) is 2.38. The van der Waals surface area contributed by atoms with Crippen molar-refractivity contribution in [3.63, 3.8) is 0 Å². The Labute approximate surface area is 368 Å². The zero-order valence-corrected chi connectivity index (χ0v) is 37.2. The number of imide groups is 1. The van der Waals surface area contributed by atoms with Gasteiger partial charge in [0.15, 0.2) is 0 Å². The van der Waals surface area contributed by atoms with Crippen molar-refractivity contribution in [1.29, 1.82) is 0 Å². The van der Waals surface area contributed by atoms with Crippen LogP contribution in [0, 0.1) is 11.8 Å². The van der Waals surface area contributed by atoms with Crippen molar-refractivity contribution in [2.75, 3.05) is 44.8 Å². The molecule has 1 saturated carbocycles. The van der Waals surface area contributed by atoms with Gasteiger partial charge >= 0.3 is 5.97 Å². The number of nitrogens with two attached hydrogens (primary N) is 1. The van der Waals surface area contributed by atoms with E-state index in [0.717, 1.165) is 18.4 Å². The van der Waals surface area contributed by atoms with Crippen LogP contribution in [0.15, 0.2) is 42.6 Å². The van der Waals surface area contributed by atoms with E-state index in [4.69, 9.17) is 19.9 Å². The van der Waals surface area contributed by atoms with Gasteiger partial charge in [0.2, 0.25) is 23.6 Å². The minimum absolute atomic E-state index is 0.0404. The van der Waals surface area contributed by atoms with Gasteiger partial charge in [-0.3, -0.25) is 38.5 Å². The summed E-state index contributed by atoms with van der Waals surface area (Å²) in [5, 5.41) is 19.8. The molecule has 6 amide bonds. The van der Waals surface area contributed by atoms with E-state index in [2.05, 4.69) is 31.6 Å². The van der Waals surface area contributed by atoms with E-state index in [1.807, 2.05) is 33.9 Å². The van der Waals surface area contributed by atoms with Crippen LogP contribution in [0.25, 0.3) is 0 Å². The molecule has 1 aliphatic carbocycles. The largest absolute Gasteiger partial charge is 0.461 e. The van der Waals surface area contributed by atoms with E-state index in [-0.39, 0.29) is 49.3 Å². The monoisotopic (exact) mass is 879 g/mol. The number of esters is 1. The molecule has 346 valence electrons. The van der Waals surface area contributed by atoms with Gasteiger partial charge in [-0.2, -0.15) is 0 Å². The molecule has 1 aliphatic heterocycles. The van der Waals surface area contributed by atoms with Gasteiger partial charge in [0.1, 0.15) is 31.6 Å². The summed E-state index contributed by atoms with van der Waals surface area (Å²) >= 11 is 0. The maximum absolute atomic E-state index is 13.1. The fraction of sp³-hybridized carbons (Fsp3) is 0.614. The SMILES string of the molecule is CC(=O)OCc1ccc(NC(=O)[C@H](CCCCN)NC(=O)COCC(=O)NCCC(C)(C)OCCC(C)(C)n2cc(CNC(=O)C3CCC(CN4C(=O)C=CC4=O)CC3)nn2)cc1. The van der Waals surface area contributed by atoms with Gasteiger partial charge in [-0.25, -0.2) is 4.68 Å². The summed E-state index contributed by atoms with van der Waals surface area (Å²) in [6.07, 6.45) is 10.1. The summed E-state index contributed by atoms with van der Waals surface area (Å²) in [5.74, 6) is -2.27. The zero-order valence-electron chi connectivity index (χ0n) is 37.2. The van der Waals surface area contributed by atoms with Gasteiger partial charge in [0.05, 0.1) is 23.9 Å². The Hall–Kier alpha value is -5.53. The van der Waals surface area contributed by atoms with Crippen LogP contribution in [-0.2, 0) is 66.5 Å². The number of ether oxygens (including phenoxy) is 3. The molecule has 2 heterocycles. The average Bonchev–Trinajstić information content (AvgIpc) is 3.85. The van der Waals surface area contributed by atoms with Crippen molar-refractivity contribution in [2.24, 2.45) is 17.6 Å². The van der Waals surface area contributed by atoms with Gasteiger partial charge in [-0.1, -0.05) is 17.3 Å². The van der Waals surface area contributed by atoms with Crippen LogP contribution < -0.4 is 27.0 Å². The van der Waals surface area contributed by atoms with Gasteiger partial charge in [-0.05, 0) is 116 Å². The van der Waals surface area contributed by atoms with Crippen LogP contribution in [0.4, 0.5) is 5.69 Å². The molecule has 2 aliphatic rings. The van der Waals surface area contributed by atoms with Gasteiger partial charge in [0, 0.05) is 50.4 Å². The first-order chi connectivity index (χ1) is 29.9. The molecule has 1 aromatic carbocycles. The van der Waals surface area contributed by atoms with Gasteiger partial charge in [-0.15, -0.1) is 5.10 Å². The number of amides is 6. The molecular weight excluding hydrogens is 815 g/mol. The highest BCUT2D eigenvalue weighted by Gasteiger charge is 2.32. The third kappa shape index (κ3) is 17.3. The molecule has 6 N–H and O–H groups in total. The summed E-state index contributed by atoms with van der Waals surface area (Å²) < 4.78 is 18.3. The molecule has 63 heavy (non-hydrogen) atoms. The molecule has 4 rings (SSSR count). The summed E-state index contributed by atoms with van der Waals surface area (Å²) in [5.41, 5.74) is 6.52. The summed E-state index contributed by atoms with van der Waals surface area (Å²) in [4.78, 5) is 87.3. The maximum atomic E-state index is 13.1. The fourth-order valence-corrected chi connectivity index (χ4v) is 7.12. The van der Waals surface area contributed by atoms with E-state index >= 15 is 0 Å². The topological polar surface area (TPSA) is 255 Å². The number of carbonyl (C=O) groups is 7. The van der Waals surface area contributed by atoms with E-state index in [1.54, 1.807) is 28.9 Å². The van der Waals surface area contributed by atoms with E-state index in [1.165, 1.54) is 24.0 Å². The summed E-state index contributed by atoms with van der Waals surface area (Å²) in [6.45, 7) is 10.4. The standard InChI is InChI=1S/C44H65N9O10/c1-30(54)62-27-32-11-15-34(16-12-32)48-42(60)36(8-6-7-21-45)49-38(56)29-61-28-37(55)46-22-19-44(4,5)63-23-20-43(2,3)53-26-35(50-51-53)24-47-41(59)33-13-9-31(10-14-33)25-52-39(57)17-18-40(52)58/h11-12,15-18,26,31,33,36H,6-10,13-14,19-25,27-29,45H2,1-5H3,(H,46,55)(H,47,59)(H,48,60)(H,49,56)/t31?,33?,36-/m0/s1. The highest BCUT2D eigenvalue weighted by molar-refractivity contribution is 6.12. The minimum Gasteiger partial charge on any atom is -0.461 e. The lowest BCUT2D eigenvalue weighted by Crippen LogP contribution is -2.45. The second-order valence-corrected chi connectivity index (χ2v) is 17.3. The molecule has 19 heteroatoms. The average molecular weight is 880 g/mol. The van der Waals surface area contributed by atoms with Crippen molar-refractivity contribution >= 4 is 47.1 Å². The first kappa shape index (κ1) is 50.1. The van der Waals surface area contributed by atoms with Crippen molar-refractivity contribution < 1.29 is 47.8 Å².